The molecule has 1 heterocycles. The first-order valence-corrected chi connectivity index (χ1v) is 7.75. The highest BCUT2D eigenvalue weighted by Gasteiger charge is 2.15. The zero-order valence-corrected chi connectivity index (χ0v) is 13.3. The summed E-state index contributed by atoms with van der Waals surface area (Å²) in [4.78, 5) is 12.0. The van der Waals surface area contributed by atoms with Crippen molar-refractivity contribution in [3.8, 4) is 11.5 Å². The number of nitrogens with one attached hydrogen (secondary N) is 1. The normalized spacial score (nSPS) is 14.4. The van der Waals surface area contributed by atoms with Gasteiger partial charge in [0.2, 0.25) is 5.91 Å². The molecule has 24 heavy (non-hydrogen) atoms. The van der Waals surface area contributed by atoms with Crippen LogP contribution in [0.1, 0.15) is 24.1 Å². The molecule has 0 saturated carbocycles. The molecule has 1 atom stereocenters. The second kappa shape index (κ2) is 7.17. The number of ether oxygens (including phenoxy) is 2. The zero-order valence-electron chi connectivity index (χ0n) is 13.3. The van der Waals surface area contributed by atoms with E-state index in [0.29, 0.717) is 19.0 Å². The lowest BCUT2D eigenvalue weighted by Gasteiger charge is -2.20. The minimum Gasteiger partial charge on any atom is -0.486 e. The Morgan fingerprint density at radius 1 is 1.12 bits per heavy atom. The Bertz CT molecular complexity index is 756. The van der Waals surface area contributed by atoms with Gasteiger partial charge in [-0.05, 0) is 48.4 Å². The van der Waals surface area contributed by atoms with Gasteiger partial charge >= 0.3 is 0 Å². The number of fused-ring (bicyclic) bond motifs is 1. The fourth-order valence-electron chi connectivity index (χ4n) is 2.42. The predicted molar refractivity (Wildman–Crippen MR) is 89.4 cm³/mol. The summed E-state index contributed by atoms with van der Waals surface area (Å²) < 4.78 is 23.9. The van der Waals surface area contributed by atoms with Crippen LogP contribution >= 0.6 is 0 Å². The van der Waals surface area contributed by atoms with Gasteiger partial charge in [-0.25, -0.2) is 4.39 Å². The molecule has 0 unspecified atom stereocenters. The van der Waals surface area contributed by atoms with Crippen LogP contribution in [-0.2, 0) is 4.79 Å². The molecule has 0 radical (unpaired) electrons. The molecule has 1 aliphatic rings. The number of hydrogen-bond donors (Lipinski definition) is 1. The van der Waals surface area contributed by atoms with Crippen LogP contribution in [0.25, 0.3) is 6.08 Å². The fraction of sp³-hybridized carbons (Fsp3) is 0.211. The van der Waals surface area contributed by atoms with Crippen molar-refractivity contribution in [2.45, 2.75) is 13.0 Å². The number of halogens is 1. The maximum atomic E-state index is 12.8. The molecule has 0 aromatic heterocycles. The summed E-state index contributed by atoms with van der Waals surface area (Å²) in [7, 11) is 0. The topological polar surface area (TPSA) is 47.6 Å². The van der Waals surface area contributed by atoms with Crippen LogP contribution in [-0.4, -0.2) is 19.1 Å². The first kappa shape index (κ1) is 16.1. The SMILES string of the molecule is C[C@H](NC(=O)/C=C/c1ccc(F)cc1)c1ccc2c(c1)OCCO2. The Morgan fingerprint density at radius 3 is 2.58 bits per heavy atom. The maximum Gasteiger partial charge on any atom is 0.244 e. The molecular weight excluding hydrogens is 309 g/mol. The molecule has 1 amide bonds. The lowest BCUT2D eigenvalue weighted by atomic mass is 10.1. The third-order valence-corrected chi connectivity index (χ3v) is 3.72. The van der Waals surface area contributed by atoms with Crippen LogP contribution in [0, 0.1) is 5.82 Å². The molecular formula is C19H18FNO3. The summed E-state index contributed by atoms with van der Waals surface area (Å²) in [6.07, 6.45) is 3.08. The van der Waals surface area contributed by atoms with Crippen molar-refractivity contribution in [3.05, 3.63) is 65.5 Å². The quantitative estimate of drug-likeness (QED) is 0.875. The number of carbonyl (C=O) groups excluding carboxylic acids is 1. The van der Waals surface area contributed by atoms with Crippen molar-refractivity contribution in [2.75, 3.05) is 13.2 Å². The van der Waals surface area contributed by atoms with Crippen LogP contribution in [0.3, 0.4) is 0 Å². The van der Waals surface area contributed by atoms with Crippen LogP contribution < -0.4 is 14.8 Å². The Kier molecular flexibility index (Phi) is 4.79. The van der Waals surface area contributed by atoms with Gasteiger partial charge in [0, 0.05) is 6.08 Å². The van der Waals surface area contributed by atoms with Crippen molar-refractivity contribution in [1.82, 2.24) is 5.32 Å². The number of hydrogen-bond acceptors (Lipinski definition) is 3. The highest BCUT2D eigenvalue weighted by molar-refractivity contribution is 5.91. The van der Waals surface area contributed by atoms with E-state index in [2.05, 4.69) is 5.32 Å². The summed E-state index contributed by atoms with van der Waals surface area (Å²) in [6.45, 7) is 2.97. The standard InChI is InChI=1S/C19H18FNO3/c1-13(15-5-8-17-18(12-15)24-11-10-23-17)21-19(22)9-4-14-2-6-16(20)7-3-14/h2-9,12-13H,10-11H2,1H3,(H,21,22)/b9-4+/t13-/m0/s1. The fourth-order valence-corrected chi connectivity index (χ4v) is 2.42. The van der Waals surface area contributed by atoms with Crippen molar-refractivity contribution < 1.29 is 18.7 Å². The number of amides is 1. The molecule has 0 aliphatic carbocycles. The van der Waals surface area contributed by atoms with E-state index in [4.69, 9.17) is 9.47 Å². The van der Waals surface area contributed by atoms with Crippen molar-refractivity contribution >= 4 is 12.0 Å². The lowest BCUT2D eigenvalue weighted by Crippen LogP contribution is -2.25. The van der Waals surface area contributed by atoms with Gasteiger partial charge < -0.3 is 14.8 Å². The van der Waals surface area contributed by atoms with Gasteiger partial charge in [0.15, 0.2) is 11.5 Å². The number of rotatable bonds is 4. The van der Waals surface area contributed by atoms with Crippen LogP contribution in [0.2, 0.25) is 0 Å². The average Bonchev–Trinajstić information content (AvgIpc) is 2.61. The Balaban J connectivity index is 1.62. The summed E-state index contributed by atoms with van der Waals surface area (Å²) in [6, 6.07) is 11.4. The minimum atomic E-state index is -0.302. The molecule has 1 N–H and O–H groups in total. The third kappa shape index (κ3) is 3.93. The van der Waals surface area contributed by atoms with E-state index in [0.717, 1.165) is 16.9 Å². The van der Waals surface area contributed by atoms with E-state index in [9.17, 15) is 9.18 Å². The minimum absolute atomic E-state index is 0.175. The molecule has 5 heteroatoms. The Hall–Kier alpha value is -2.82. The molecule has 4 nitrogen and oxygen atoms in total. The predicted octanol–water partition coefficient (Wildman–Crippen LogP) is 3.49. The van der Waals surface area contributed by atoms with Gasteiger partial charge in [-0.1, -0.05) is 18.2 Å². The van der Waals surface area contributed by atoms with Gasteiger partial charge in [0.25, 0.3) is 0 Å². The molecule has 0 fully saturated rings. The highest BCUT2D eigenvalue weighted by atomic mass is 19.1. The van der Waals surface area contributed by atoms with E-state index < -0.39 is 0 Å². The summed E-state index contributed by atoms with van der Waals surface area (Å²) in [5.74, 6) is 0.895. The average molecular weight is 327 g/mol. The van der Waals surface area contributed by atoms with E-state index in [1.54, 1.807) is 18.2 Å². The molecule has 0 spiro atoms. The Labute approximate surface area is 139 Å². The maximum absolute atomic E-state index is 12.8. The van der Waals surface area contributed by atoms with Gasteiger partial charge in [0.1, 0.15) is 19.0 Å². The second-order valence-electron chi connectivity index (χ2n) is 5.52. The molecule has 124 valence electrons. The summed E-state index contributed by atoms with van der Waals surface area (Å²) in [5.41, 5.74) is 1.70. The monoisotopic (exact) mass is 327 g/mol. The summed E-state index contributed by atoms with van der Waals surface area (Å²) in [5, 5.41) is 2.89. The first-order valence-electron chi connectivity index (χ1n) is 7.75. The van der Waals surface area contributed by atoms with Crippen LogP contribution in [0.4, 0.5) is 4.39 Å². The third-order valence-electron chi connectivity index (χ3n) is 3.72. The van der Waals surface area contributed by atoms with Gasteiger partial charge in [0.05, 0.1) is 6.04 Å². The Morgan fingerprint density at radius 2 is 1.83 bits per heavy atom. The zero-order chi connectivity index (χ0) is 16.9. The van der Waals surface area contributed by atoms with Gasteiger partial charge in [-0.2, -0.15) is 0 Å². The summed E-state index contributed by atoms with van der Waals surface area (Å²) >= 11 is 0. The van der Waals surface area contributed by atoms with Crippen molar-refractivity contribution in [2.24, 2.45) is 0 Å². The van der Waals surface area contributed by atoms with Gasteiger partial charge in [-0.3, -0.25) is 4.79 Å². The van der Waals surface area contributed by atoms with Gasteiger partial charge in [-0.15, -0.1) is 0 Å². The molecule has 3 rings (SSSR count). The molecule has 2 aromatic carbocycles. The van der Waals surface area contributed by atoms with Crippen LogP contribution in [0.15, 0.2) is 48.5 Å². The van der Waals surface area contributed by atoms with E-state index >= 15 is 0 Å². The smallest absolute Gasteiger partial charge is 0.244 e. The molecule has 2 aromatic rings. The largest absolute Gasteiger partial charge is 0.486 e. The number of benzene rings is 2. The van der Waals surface area contributed by atoms with Crippen molar-refractivity contribution in [1.29, 1.82) is 0 Å². The van der Waals surface area contributed by atoms with E-state index in [1.165, 1.54) is 18.2 Å². The molecule has 1 aliphatic heterocycles. The highest BCUT2D eigenvalue weighted by Crippen LogP contribution is 2.32. The molecule has 0 saturated heterocycles. The van der Waals surface area contributed by atoms with E-state index in [1.807, 2.05) is 25.1 Å². The lowest BCUT2D eigenvalue weighted by molar-refractivity contribution is -0.117. The second-order valence-corrected chi connectivity index (χ2v) is 5.52. The molecule has 0 bridgehead atoms. The number of carbonyl (C=O) groups is 1. The van der Waals surface area contributed by atoms with E-state index in [-0.39, 0.29) is 17.8 Å². The first-order chi connectivity index (χ1) is 11.6. The van der Waals surface area contributed by atoms with Crippen LogP contribution in [0.5, 0.6) is 11.5 Å². The van der Waals surface area contributed by atoms with Crippen molar-refractivity contribution in [3.63, 3.8) is 0 Å².